The van der Waals surface area contributed by atoms with Crippen LogP contribution in [0, 0.1) is 19.8 Å². The lowest BCUT2D eigenvalue weighted by molar-refractivity contribution is -0.143. The molecule has 0 aliphatic carbocycles. The molecule has 5 heteroatoms. The van der Waals surface area contributed by atoms with Crippen molar-refractivity contribution >= 4 is 34.5 Å². The molecule has 144 valence electrons. The summed E-state index contributed by atoms with van der Waals surface area (Å²) in [6.45, 7) is 6.74. The summed E-state index contributed by atoms with van der Waals surface area (Å²) in [7, 11) is 0. The van der Waals surface area contributed by atoms with Crippen LogP contribution in [0.5, 0.6) is 0 Å². The average Bonchev–Trinajstić information content (AvgIpc) is 3.07. The molecule has 1 fully saturated rings. The van der Waals surface area contributed by atoms with E-state index in [1.54, 1.807) is 11.3 Å². The van der Waals surface area contributed by atoms with E-state index in [0.717, 1.165) is 42.9 Å². The van der Waals surface area contributed by atoms with E-state index in [1.807, 2.05) is 12.1 Å². The molecule has 1 atom stereocenters. The number of hydrogen-bond donors (Lipinski definition) is 1. The van der Waals surface area contributed by atoms with Gasteiger partial charge in [0.2, 0.25) is 0 Å². The fraction of sp³-hybridized carbons (Fsp3) is 0.409. The number of hydrogen-bond acceptors (Lipinski definition) is 3. The molecule has 0 radical (unpaired) electrons. The number of likely N-dealkylation sites (tertiary alicyclic amines) is 1. The molecular formula is C22H26ClNO2S. The quantitative estimate of drug-likeness (QED) is 0.678. The van der Waals surface area contributed by atoms with Gasteiger partial charge in [-0.25, -0.2) is 0 Å². The Morgan fingerprint density at radius 2 is 2.19 bits per heavy atom. The van der Waals surface area contributed by atoms with Crippen LogP contribution in [0.15, 0.2) is 35.7 Å². The van der Waals surface area contributed by atoms with Crippen molar-refractivity contribution in [3.63, 3.8) is 0 Å². The van der Waals surface area contributed by atoms with Crippen molar-refractivity contribution in [3.8, 4) is 0 Å². The molecule has 1 aromatic heterocycles. The molecule has 3 rings (SSSR count). The molecule has 2 heterocycles. The van der Waals surface area contributed by atoms with E-state index >= 15 is 0 Å². The molecule has 3 nitrogen and oxygen atoms in total. The van der Waals surface area contributed by atoms with Crippen molar-refractivity contribution in [1.82, 2.24) is 4.90 Å². The smallest absolute Gasteiger partial charge is 0.307 e. The van der Waals surface area contributed by atoms with Gasteiger partial charge in [0.1, 0.15) is 0 Å². The normalized spacial score (nSPS) is 18.6. The van der Waals surface area contributed by atoms with Gasteiger partial charge in [-0.1, -0.05) is 29.8 Å². The van der Waals surface area contributed by atoms with Gasteiger partial charge < -0.3 is 10.0 Å². The van der Waals surface area contributed by atoms with Crippen LogP contribution in [-0.4, -0.2) is 35.6 Å². The minimum Gasteiger partial charge on any atom is -0.481 e. The standard InChI is InChI=1S/C22H26ClNO2S/c1-15-10-13-27-21(15)19(18-7-3-9-20(23)16(18)2)8-5-12-24-11-4-6-17(14-24)22(25)26/h3,7-10,13,17H,4-6,11-12,14H2,1-2H3,(H,25,26). The van der Waals surface area contributed by atoms with Crippen molar-refractivity contribution in [1.29, 1.82) is 0 Å². The summed E-state index contributed by atoms with van der Waals surface area (Å²) < 4.78 is 0. The van der Waals surface area contributed by atoms with E-state index < -0.39 is 5.97 Å². The van der Waals surface area contributed by atoms with Gasteiger partial charge >= 0.3 is 5.97 Å². The van der Waals surface area contributed by atoms with Gasteiger partial charge in [-0.05, 0) is 79.4 Å². The molecule has 0 spiro atoms. The third-order valence-electron chi connectivity index (χ3n) is 5.31. The lowest BCUT2D eigenvalue weighted by atomic mass is 9.96. The van der Waals surface area contributed by atoms with Crippen LogP contribution in [0.3, 0.4) is 0 Å². The number of carbonyl (C=O) groups is 1. The largest absolute Gasteiger partial charge is 0.481 e. The van der Waals surface area contributed by atoms with Crippen LogP contribution >= 0.6 is 22.9 Å². The van der Waals surface area contributed by atoms with Crippen molar-refractivity contribution in [3.05, 3.63) is 62.3 Å². The summed E-state index contributed by atoms with van der Waals surface area (Å²) in [5.41, 5.74) is 4.78. The lowest BCUT2D eigenvalue weighted by Crippen LogP contribution is -2.39. The molecule has 1 aliphatic rings. The van der Waals surface area contributed by atoms with Gasteiger partial charge in [0.15, 0.2) is 0 Å². The first kappa shape index (κ1) is 20.1. The zero-order valence-electron chi connectivity index (χ0n) is 15.9. The molecular weight excluding hydrogens is 378 g/mol. The van der Waals surface area contributed by atoms with E-state index in [-0.39, 0.29) is 5.92 Å². The number of rotatable bonds is 6. The van der Waals surface area contributed by atoms with E-state index in [4.69, 9.17) is 11.6 Å². The van der Waals surface area contributed by atoms with E-state index in [1.165, 1.54) is 21.6 Å². The number of benzene rings is 1. The lowest BCUT2D eigenvalue weighted by Gasteiger charge is -2.30. The molecule has 0 amide bonds. The predicted octanol–water partition coefficient (Wildman–Crippen LogP) is 5.64. The maximum absolute atomic E-state index is 11.3. The van der Waals surface area contributed by atoms with Gasteiger partial charge in [0.05, 0.1) is 5.92 Å². The van der Waals surface area contributed by atoms with Crippen molar-refractivity contribution < 1.29 is 9.90 Å². The monoisotopic (exact) mass is 403 g/mol. The average molecular weight is 404 g/mol. The molecule has 0 saturated carbocycles. The summed E-state index contributed by atoms with van der Waals surface area (Å²) in [5, 5.41) is 12.2. The van der Waals surface area contributed by atoms with Gasteiger partial charge in [-0.3, -0.25) is 4.79 Å². The number of aliphatic carboxylic acids is 1. The SMILES string of the molecule is Cc1ccsc1C(=CCCN1CCCC(C(=O)O)C1)c1cccc(Cl)c1C. The summed E-state index contributed by atoms with van der Waals surface area (Å²) >= 11 is 8.13. The third-order valence-corrected chi connectivity index (χ3v) is 6.77. The molecule has 1 unspecified atom stereocenters. The van der Waals surface area contributed by atoms with Gasteiger partial charge in [-0.15, -0.1) is 11.3 Å². The summed E-state index contributed by atoms with van der Waals surface area (Å²) in [4.78, 5) is 14.8. The Bertz CT molecular complexity index is 843. The number of carboxylic acids is 1. The van der Waals surface area contributed by atoms with Crippen LogP contribution in [0.1, 0.15) is 40.8 Å². The highest BCUT2D eigenvalue weighted by atomic mass is 35.5. The highest BCUT2D eigenvalue weighted by Gasteiger charge is 2.24. The summed E-state index contributed by atoms with van der Waals surface area (Å²) in [6, 6.07) is 8.21. The van der Waals surface area contributed by atoms with Crippen LogP contribution < -0.4 is 0 Å². The Kier molecular flexibility index (Phi) is 6.74. The van der Waals surface area contributed by atoms with Crippen LogP contribution in [0.25, 0.3) is 5.57 Å². The van der Waals surface area contributed by atoms with Crippen LogP contribution in [0.2, 0.25) is 5.02 Å². The molecule has 1 N–H and O–H groups in total. The Morgan fingerprint density at radius 3 is 2.89 bits per heavy atom. The minimum atomic E-state index is -0.667. The second-order valence-corrected chi connectivity index (χ2v) is 8.55. The third kappa shape index (κ3) is 4.81. The molecule has 27 heavy (non-hydrogen) atoms. The summed E-state index contributed by atoms with van der Waals surface area (Å²) in [5.74, 6) is -0.892. The van der Waals surface area contributed by atoms with Crippen molar-refractivity contribution in [2.24, 2.45) is 5.92 Å². The number of aryl methyl sites for hydroxylation is 1. The maximum atomic E-state index is 11.3. The highest BCUT2D eigenvalue weighted by molar-refractivity contribution is 7.11. The van der Waals surface area contributed by atoms with Crippen LogP contribution in [-0.2, 0) is 4.79 Å². The van der Waals surface area contributed by atoms with E-state index in [9.17, 15) is 9.90 Å². The second kappa shape index (κ2) is 9.05. The fourth-order valence-corrected chi connectivity index (χ4v) is 4.88. The fourth-order valence-electron chi connectivity index (χ4n) is 3.72. The van der Waals surface area contributed by atoms with Crippen molar-refractivity contribution in [2.45, 2.75) is 33.1 Å². The Morgan fingerprint density at radius 1 is 1.37 bits per heavy atom. The zero-order chi connectivity index (χ0) is 19.4. The molecule has 0 bridgehead atoms. The molecule has 1 saturated heterocycles. The highest BCUT2D eigenvalue weighted by Crippen LogP contribution is 2.34. The molecule has 2 aromatic rings. The Hall–Kier alpha value is -1.62. The first-order valence-electron chi connectivity index (χ1n) is 9.42. The Labute approximate surface area is 170 Å². The first-order chi connectivity index (χ1) is 13.0. The Balaban J connectivity index is 1.80. The topological polar surface area (TPSA) is 40.5 Å². The van der Waals surface area contributed by atoms with Gasteiger partial charge in [0.25, 0.3) is 0 Å². The minimum absolute atomic E-state index is 0.225. The van der Waals surface area contributed by atoms with Crippen molar-refractivity contribution in [2.75, 3.05) is 19.6 Å². The second-order valence-electron chi connectivity index (χ2n) is 7.23. The number of nitrogens with zero attached hydrogens (tertiary/aromatic N) is 1. The number of carboxylic acid groups (broad SMARTS) is 1. The van der Waals surface area contributed by atoms with E-state index in [2.05, 4.69) is 42.3 Å². The number of thiophene rings is 1. The van der Waals surface area contributed by atoms with Gasteiger partial charge in [-0.2, -0.15) is 0 Å². The van der Waals surface area contributed by atoms with E-state index in [0.29, 0.717) is 6.54 Å². The first-order valence-corrected chi connectivity index (χ1v) is 10.7. The maximum Gasteiger partial charge on any atom is 0.307 e. The number of halogens is 1. The van der Waals surface area contributed by atoms with Gasteiger partial charge in [0, 0.05) is 23.0 Å². The molecule has 1 aromatic carbocycles. The predicted molar refractivity (Wildman–Crippen MR) is 114 cm³/mol. The summed E-state index contributed by atoms with van der Waals surface area (Å²) in [6.07, 6.45) is 4.95. The van der Waals surface area contributed by atoms with Crippen LogP contribution in [0.4, 0.5) is 0 Å². The number of piperidine rings is 1. The zero-order valence-corrected chi connectivity index (χ0v) is 17.4. The molecule has 1 aliphatic heterocycles.